The van der Waals surface area contributed by atoms with Crippen molar-refractivity contribution in [3.63, 3.8) is 0 Å². The van der Waals surface area contributed by atoms with Gasteiger partial charge in [0, 0.05) is 23.3 Å². The van der Waals surface area contributed by atoms with Gasteiger partial charge in [-0.25, -0.2) is 0 Å². The van der Waals surface area contributed by atoms with Gasteiger partial charge in [0.05, 0.1) is 12.1 Å². The predicted molar refractivity (Wildman–Crippen MR) is 85.5 cm³/mol. The highest BCUT2D eigenvalue weighted by Crippen LogP contribution is 2.28. The van der Waals surface area contributed by atoms with Gasteiger partial charge >= 0.3 is 0 Å². The van der Waals surface area contributed by atoms with Gasteiger partial charge in [0.15, 0.2) is 0 Å². The van der Waals surface area contributed by atoms with E-state index in [0.29, 0.717) is 6.04 Å². The quantitative estimate of drug-likeness (QED) is 0.894. The molecule has 0 saturated carbocycles. The molecule has 112 valence electrons. The van der Waals surface area contributed by atoms with E-state index in [-0.39, 0.29) is 12.1 Å². The zero-order chi connectivity index (χ0) is 14.6. The van der Waals surface area contributed by atoms with E-state index >= 15 is 0 Å². The van der Waals surface area contributed by atoms with Gasteiger partial charge in [0.25, 0.3) is 0 Å². The molecule has 1 aliphatic rings. The summed E-state index contributed by atoms with van der Waals surface area (Å²) in [6, 6.07) is 8.30. The van der Waals surface area contributed by atoms with Gasteiger partial charge in [-0.15, -0.1) is 0 Å². The number of aliphatic hydroxyl groups is 1. The Kier molecular flexibility index (Phi) is 5.30. The number of benzene rings is 1. The van der Waals surface area contributed by atoms with E-state index in [1.807, 2.05) is 24.3 Å². The second kappa shape index (κ2) is 6.79. The Labute approximate surface area is 126 Å². The van der Waals surface area contributed by atoms with Crippen molar-refractivity contribution in [1.29, 1.82) is 0 Å². The molecule has 4 heteroatoms. The van der Waals surface area contributed by atoms with Crippen molar-refractivity contribution >= 4 is 17.3 Å². The molecule has 1 saturated heterocycles. The average molecular weight is 297 g/mol. The number of halogens is 1. The summed E-state index contributed by atoms with van der Waals surface area (Å²) < 4.78 is 0. The van der Waals surface area contributed by atoms with Crippen molar-refractivity contribution in [3.05, 3.63) is 29.3 Å². The minimum absolute atomic E-state index is 0.158. The first-order valence-corrected chi connectivity index (χ1v) is 7.81. The molecule has 0 spiro atoms. The third-order valence-electron chi connectivity index (χ3n) is 4.25. The Hall–Kier alpha value is -0.770. The molecule has 0 radical (unpaired) electrons. The Morgan fingerprint density at radius 3 is 2.80 bits per heavy atom. The maximum absolute atomic E-state index is 9.91. The maximum atomic E-state index is 9.91. The van der Waals surface area contributed by atoms with E-state index in [1.165, 1.54) is 0 Å². The summed E-state index contributed by atoms with van der Waals surface area (Å²) in [5.74, 6) is 0. The molecule has 0 aromatic heterocycles. The molecule has 0 amide bonds. The molecule has 1 aromatic carbocycles. The van der Waals surface area contributed by atoms with Crippen LogP contribution in [0.1, 0.15) is 33.1 Å². The molecule has 1 unspecified atom stereocenters. The molecule has 2 rings (SSSR count). The second-order valence-corrected chi connectivity index (χ2v) is 6.49. The second-order valence-electron chi connectivity index (χ2n) is 6.06. The van der Waals surface area contributed by atoms with Crippen molar-refractivity contribution < 1.29 is 5.11 Å². The van der Waals surface area contributed by atoms with Crippen LogP contribution in [0.25, 0.3) is 0 Å². The van der Waals surface area contributed by atoms with E-state index < -0.39 is 0 Å². The molecule has 1 fully saturated rings. The number of nitrogens with zero attached hydrogens (tertiary/aromatic N) is 1. The highest BCUT2D eigenvalue weighted by molar-refractivity contribution is 6.30. The summed E-state index contributed by atoms with van der Waals surface area (Å²) in [6.07, 6.45) is 3.04. The van der Waals surface area contributed by atoms with E-state index in [2.05, 4.69) is 24.1 Å². The first-order valence-electron chi connectivity index (χ1n) is 7.43. The number of rotatable bonds is 4. The van der Waals surface area contributed by atoms with E-state index in [4.69, 9.17) is 11.6 Å². The topological polar surface area (TPSA) is 35.5 Å². The number of aliphatic hydroxyl groups excluding tert-OH is 1. The molecule has 1 heterocycles. The zero-order valence-corrected chi connectivity index (χ0v) is 13.2. The van der Waals surface area contributed by atoms with Crippen LogP contribution < -0.4 is 5.32 Å². The van der Waals surface area contributed by atoms with Gasteiger partial charge in [-0.1, -0.05) is 17.7 Å². The number of anilines is 1. The Balaban J connectivity index is 2.09. The van der Waals surface area contributed by atoms with Crippen LogP contribution in [-0.4, -0.2) is 41.3 Å². The molecule has 0 bridgehead atoms. The zero-order valence-electron chi connectivity index (χ0n) is 12.4. The molecule has 1 aliphatic heterocycles. The van der Waals surface area contributed by atoms with E-state index in [9.17, 15) is 5.11 Å². The summed E-state index contributed by atoms with van der Waals surface area (Å²) in [5.41, 5.74) is 0.762. The smallest absolute Gasteiger partial charge is 0.0662 e. The fourth-order valence-corrected chi connectivity index (χ4v) is 3.12. The lowest BCUT2D eigenvalue weighted by molar-refractivity contribution is 0.186. The van der Waals surface area contributed by atoms with Crippen LogP contribution in [0.5, 0.6) is 0 Å². The highest BCUT2D eigenvalue weighted by atomic mass is 35.5. The summed E-state index contributed by atoms with van der Waals surface area (Å²) >= 11 is 6.04. The van der Waals surface area contributed by atoms with Crippen molar-refractivity contribution in [2.45, 2.75) is 44.7 Å². The number of likely N-dealkylation sites (tertiary alicyclic amines) is 1. The summed E-state index contributed by atoms with van der Waals surface area (Å²) in [6.45, 7) is 6.75. The SMILES string of the molecule is CC(C)N1CCCC(CO)(Nc2cccc(Cl)c2)CC1. The van der Waals surface area contributed by atoms with Crippen LogP contribution >= 0.6 is 11.6 Å². The van der Waals surface area contributed by atoms with Gasteiger partial charge < -0.3 is 15.3 Å². The third kappa shape index (κ3) is 3.87. The van der Waals surface area contributed by atoms with Gasteiger partial charge in [0.1, 0.15) is 0 Å². The van der Waals surface area contributed by atoms with Crippen molar-refractivity contribution in [2.24, 2.45) is 0 Å². The van der Waals surface area contributed by atoms with Crippen LogP contribution in [0.15, 0.2) is 24.3 Å². The fourth-order valence-electron chi connectivity index (χ4n) is 2.93. The molecule has 2 N–H and O–H groups in total. The number of hydrogen-bond donors (Lipinski definition) is 2. The largest absolute Gasteiger partial charge is 0.394 e. The molecule has 1 atom stereocenters. The number of nitrogens with one attached hydrogen (secondary N) is 1. The van der Waals surface area contributed by atoms with E-state index in [0.717, 1.165) is 43.1 Å². The summed E-state index contributed by atoms with van der Waals surface area (Å²) in [4.78, 5) is 2.48. The predicted octanol–water partition coefficient (Wildman–Crippen LogP) is 3.38. The Morgan fingerprint density at radius 1 is 1.35 bits per heavy atom. The van der Waals surface area contributed by atoms with Crippen LogP contribution in [0.3, 0.4) is 0 Å². The van der Waals surface area contributed by atoms with Crippen LogP contribution in [0.4, 0.5) is 5.69 Å². The molecular weight excluding hydrogens is 272 g/mol. The van der Waals surface area contributed by atoms with Crippen LogP contribution in [0.2, 0.25) is 5.02 Å². The van der Waals surface area contributed by atoms with E-state index in [1.54, 1.807) is 0 Å². The Morgan fingerprint density at radius 2 is 2.15 bits per heavy atom. The first kappa shape index (κ1) is 15.6. The highest BCUT2D eigenvalue weighted by Gasteiger charge is 2.32. The molecule has 1 aromatic rings. The lowest BCUT2D eigenvalue weighted by Crippen LogP contribution is -2.43. The summed E-state index contributed by atoms with van der Waals surface area (Å²) in [5, 5.41) is 14.2. The van der Waals surface area contributed by atoms with Crippen molar-refractivity contribution in [2.75, 3.05) is 25.0 Å². The third-order valence-corrected chi connectivity index (χ3v) is 4.48. The van der Waals surface area contributed by atoms with Crippen molar-refractivity contribution in [1.82, 2.24) is 4.90 Å². The molecule has 3 nitrogen and oxygen atoms in total. The van der Waals surface area contributed by atoms with Crippen molar-refractivity contribution in [3.8, 4) is 0 Å². The lowest BCUT2D eigenvalue weighted by Gasteiger charge is -2.33. The maximum Gasteiger partial charge on any atom is 0.0662 e. The molecule has 0 aliphatic carbocycles. The minimum Gasteiger partial charge on any atom is -0.394 e. The molecule has 20 heavy (non-hydrogen) atoms. The normalized spacial score (nSPS) is 24.6. The monoisotopic (exact) mass is 296 g/mol. The van der Waals surface area contributed by atoms with Gasteiger partial charge in [-0.3, -0.25) is 0 Å². The molecular formula is C16H25ClN2O. The standard InChI is InChI=1S/C16H25ClN2O/c1-13(2)19-9-4-7-16(12-20,8-10-19)18-15-6-3-5-14(17)11-15/h3,5-6,11,13,18,20H,4,7-10,12H2,1-2H3. The lowest BCUT2D eigenvalue weighted by atomic mass is 9.91. The number of hydrogen-bond acceptors (Lipinski definition) is 3. The van der Waals surface area contributed by atoms with Crippen LogP contribution in [0, 0.1) is 0 Å². The Bertz CT molecular complexity index is 438. The fraction of sp³-hybridized carbons (Fsp3) is 0.625. The summed E-state index contributed by atoms with van der Waals surface area (Å²) in [7, 11) is 0. The van der Waals surface area contributed by atoms with Gasteiger partial charge in [-0.05, 0) is 57.9 Å². The minimum atomic E-state index is -0.228. The first-order chi connectivity index (χ1) is 9.54. The van der Waals surface area contributed by atoms with Gasteiger partial charge in [0.2, 0.25) is 0 Å². The average Bonchev–Trinajstić information content (AvgIpc) is 2.62. The van der Waals surface area contributed by atoms with Gasteiger partial charge in [-0.2, -0.15) is 0 Å². The van der Waals surface area contributed by atoms with Crippen LogP contribution in [-0.2, 0) is 0 Å².